The average Bonchev–Trinajstić information content (AvgIpc) is 3.04. The summed E-state index contributed by atoms with van der Waals surface area (Å²) in [5, 5.41) is 7.15. The van der Waals surface area contributed by atoms with Gasteiger partial charge in [0.25, 0.3) is 5.91 Å². The van der Waals surface area contributed by atoms with Gasteiger partial charge in [-0.25, -0.2) is 4.98 Å². The zero-order valence-corrected chi connectivity index (χ0v) is 16.4. The van der Waals surface area contributed by atoms with Gasteiger partial charge >= 0.3 is 0 Å². The van der Waals surface area contributed by atoms with Crippen LogP contribution in [0.1, 0.15) is 16.9 Å². The average molecular weight is 416 g/mol. The number of nitrogens with one attached hydrogen (secondary N) is 3. The van der Waals surface area contributed by atoms with Crippen LogP contribution in [0.4, 0.5) is 11.4 Å². The number of rotatable bonds is 7. The Labute approximate surface area is 161 Å². The number of amides is 1. The van der Waals surface area contributed by atoms with Gasteiger partial charge in [-0.3, -0.25) is 4.79 Å². The van der Waals surface area contributed by atoms with Crippen LogP contribution in [-0.2, 0) is 0 Å². The molecule has 0 bridgehead atoms. The van der Waals surface area contributed by atoms with Crippen molar-refractivity contribution in [1.29, 1.82) is 0 Å². The third-order valence-electron chi connectivity index (χ3n) is 3.94. The van der Waals surface area contributed by atoms with Crippen LogP contribution in [0.15, 0.2) is 47.1 Å². The molecule has 3 aromatic rings. The molecule has 0 fully saturated rings. The van der Waals surface area contributed by atoms with Crippen molar-refractivity contribution in [2.45, 2.75) is 6.42 Å². The fourth-order valence-electron chi connectivity index (χ4n) is 2.62. The summed E-state index contributed by atoms with van der Waals surface area (Å²) in [5.41, 5.74) is 3.04. The predicted molar refractivity (Wildman–Crippen MR) is 109 cm³/mol. The normalized spacial score (nSPS) is 11.1. The zero-order valence-electron chi connectivity index (χ0n) is 14.8. The van der Waals surface area contributed by atoms with E-state index in [9.17, 15) is 4.79 Å². The standard InChI is InChI=1S/C19H22BrN5O/c1-25(2)9-5-8-21-19(26)17-11-13-10-14(12-22-18(13)24-17)23-16-7-4-3-6-15(16)20/h3-4,6-7,10-12,23H,5,8-9H2,1-2H3,(H,21,26)(H,22,24). The lowest BCUT2D eigenvalue weighted by Crippen LogP contribution is -2.27. The molecular weight excluding hydrogens is 394 g/mol. The van der Waals surface area contributed by atoms with Gasteiger partial charge in [-0.2, -0.15) is 0 Å². The summed E-state index contributed by atoms with van der Waals surface area (Å²) in [6.45, 7) is 1.59. The number of aromatic amines is 1. The highest BCUT2D eigenvalue weighted by Crippen LogP contribution is 2.26. The highest BCUT2D eigenvalue weighted by molar-refractivity contribution is 9.10. The number of H-pyrrole nitrogens is 1. The number of fused-ring (bicyclic) bond motifs is 1. The topological polar surface area (TPSA) is 73.1 Å². The Bertz CT molecular complexity index is 906. The largest absolute Gasteiger partial charge is 0.353 e. The lowest BCUT2D eigenvalue weighted by molar-refractivity contribution is 0.0948. The summed E-state index contributed by atoms with van der Waals surface area (Å²) in [6.07, 6.45) is 2.66. The van der Waals surface area contributed by atoms with Crippen molar-refractivity contribution in [2.24, 2.45) is 0 Å². The molecule has 1 amide bonds. The predicted octanol–water partition coefficient (Wildman–Crippen LogP) is 3.75. The number of benzene rings is 1. The van der Waals surface area contributed by atoms with Crippen molar-refractivity contribution < 1.29 is 4.79 Å². The number of carbonyl (C=O) groups excluding carboxylic acids is 1. The van der Waals surface area contributed by atoms with E-state index >= 15 is 0 Å². The molecule has 0 saturated carbocycles. The van der Waals surface area contributed by atoms with Crippen LogP contribution < -0.4 is 10.6 Å². The monoisotopic (exact) mass is 415 g/mol. The summed E-state index contributed by atoms with van der Waals surface area (Å²) >= 11 is 3.52. The Kier molecular flexibility index (Phi) is 5.90. The Morgan fingerprint density at radius 3 is 2.85 bits per heavy atom. The van der Waals surface area contributed by atoms with Crippen molar-refractivity contribution in [2.75, 3.05) is 32.5 Å². The number of halogens is 1. The number of hydrogen-bond acceptors (Lipinski definition) is 4. The van der Waals surface area contributed by atoms with E-state index in [2.05, 4.69) is 41.4 Å². The summed E-state index contributed by atoms with van der Waals surface area (Å²) in [4.78, 5) is 21.9. The van der Waals surface area contributed by atoms with Crippen LogP contribution in [0.3, 0.4) is 0 Å². The minimum Gasteiger partial charge on any atom is -0.353 e. The SMILES string of the molecule is CN(C)CCCNC(=O)c1cc2cc(Nc3ccccc3Br)cnc2[nH]1. The summed E-state index contributed by atoms with van der Waals surface area (Å²) < 4.78 is 0.979. The number of carbonyl (C=O) groups is 1. The van der Waals surface area contributed by atoms with Gasteiger partial charge < -0.3 is 20.5 Å². The van der Waals surface area contributed by atoms with Crippen molar-refractivity contribution in [3.8, 4) is 0 Å². The molecule has 0 spiro atoms. The van der Waals surface area contributed by atoms with Gasteiger partial charge in [0.05, 0.1) is 17.6 Å². The molecule has 0 aliphatic rings. The van der Waals surface area contributed by atoms with Gasteiger partial charge in [-0.15, -0.1) is 0 Å². The lowest BCUT2D eigenvalue weighted by atomic mass is 10.2. The van der Waals surface area contributed by atoms with E-state index in [1.165, 1.54) is 0 Å². The molecule has 0 radical (unpaired) electrons. The highest BCUT2D eigenvalue weighted by atomic mass is 79.9. The number of aromatic nitrogens is 2. The quantitative estimate of drug-likeness (QED) is 0.513. The van der Waals surface area contributed by atoms with Gasteiger partial charge in [0, 0.05) is 16.4 Å². The van der Waals surface area contributed by atoms with E-state index in [1.54, 1.807) is 6.20 Å². The molecule has 136 valence electrons. The molecule has 0 atom stereocenters. The molecule has 0 saturated heterocycles. The van der Waals surface area contributed by atoms with Gasteiger partial charge in [-0.05, 0) is 67.3 Å². The van der Waals surface area contributed by atoms with Crippen molar-refractivity contribution >= 4 is 44.2 Å². The molecule has 7 heteroatoms. The van der Waals surface area contributed by atoms with E-state index in [0.29, 0.717) is 17.9 Å². The molecule has 2 aromatic heterocycles. The van der Waals surface area contributed by atoms with Crippen LogP contribution in [0.2, 0.25) is 0 Å². The fourth-order valence-corrected chi connectivity index (χ4v) is 3.00. The number of pyridine rings is 1. The summed E-state index contributed by atoms with van der Waals surface area (Å²) in [7, 11) is 4.04. The van der Waals surface area contributed by atoms with Gasteiger partial charge in [0.2, 0.25) is 0 Å². The van der Waals surface area contributed by atoms with Crippen molar-refractivity contribution in [3.05, 3.63) is 52.8 Å². The molecule has 3 rings (SSSR count). The van der Waals surface area contributed by atoms with Crippen molar-refractivity contribution in [3.63, 3.8) is 0 Å². The second-order valence-electron chi connectivity index (χ2n) is 6.36. The fraction of sp³-hybridized carbons (Fsp3) is 0.263. The van der Waals surface area contributed by atoms with Gasteiger partial charge in [-0.1, -0.05) is 12.1 Å². The smallest absolute Gasteiger partial charge is 0.267 e. The van der Waals surface area contributed by atoms with E-state index in [-0.39, 0.29) is 5.91 Å². The number of para-hydroxylation sites is 1. The number of anilines is 2. The maximum atomic E-state index is 12.3. The molecule has 0 aliphatic heterocycles. The number of hydrogen-bond donors (Lipinski definition) is 3. The molecular formula is C19H22BrN5O. The molecule has 1 aromatic carbocycles. The third-order valence-corrected chi connectivity index (χ3v) is 4.63. The first-order chi connectivity index (χ1) is 12.5. The maximum absolute atomic E-state index is 12.3. The first-order valence-corrected chi connectivity index (χ1v) is 9.25. The molecule has 0 unspecified atom stereocenters. The Balaban J connectivity index is 1.69. The Morgan fingerprint density at radius 2 is 2.08 bits per heavy atom. The van der Waals surface area contributed by atoms with E-state index < -0.39 is 0 Å². The maximum Gasteiger partial charge on any atom is 0.267 e. The molecule has 2 heterocycles. The van der Waals surface area contributed by atoms with E-state index in [0.717, 1.165) is 34.2 Å². The first-order valence-electron chi connectivity index (χ1n) is 8.46. The molecule has 3 N–H and O–H groups in total. The van der Waals surface area contributed by atoms with E-state index in [1.807, 2.05) is 50.5 Å². The Morgan fingerprint density at radius 1 is 1.27 bits per heavy atom. The number of nitrogens with zero attached hydrogens (tertiary/aromatic N) is 2. The van der Waals surface area contributed by atoms with E-state index in [4.69, 9.17) is 0 Å². The van der Waals surface area contributed by atoms with Crippen LogP contribution in [-0.4, -0.2) is 48.0 Å². The van der Waals surface area contributed by atoms with Crippen LogP contribution >= 0.6 is 15.9 Å². The minimum absolute atomic E-state index is 0.109. The van der Waals surface area contributed by atoms with Crippen LogP contribution in [0.25, 0.3) is 11.0 Å². The summed E-state index contributed by atoms with van der Waals surface area (Å²) in [6, 6.07) is 11.7. The summed E-state index contributed by atoms with van der Waals surface area (Å²) in [5.74, 6) is -0.109. The minimum atomic E-state index is -0.109. The third kappa shape index (κ3) is 4.62. The zero-order chi connectivity index (χ0) is 18.5. The van der Waals surface area contributed by atoms with Gasteiger partial charge in [0.1, 0.15) is 11.3 Å². The molecule has 26 heavy (non-hydrogen) atoms. The highest BCUT2D eigenvalue weighted by Gasteiger charge is 2.10. The first kappa shape index (κ1) is 18.4. The molecule has 0 aliphatic carbocycles. The van der Waals surface area contributed by atoms with Crippen molar-refractivity contribution in [1.82, 2.24) is 20.2 Å². The molecule has 6 nitrogen and oxygen atoms in total. The van der Waals surface area contributed by atoms with Crippen LogP contribution in [0, 0.1) is 0 Å². The second-order valence-corrected chi connectivity index (χ2v) is 7.22. The van der Waals surface area contributed by atoms with Gasteiger partial charge in [0.15, 0.2) is 0 Å². The lowest BCUT2D eigenvalue weighted by Gasteiger charge is -2.09. The second kappa shape index (κ2) is 8.33. The van der Waals surface area contributed by atoms with Crippen LogP contribution in [0.5, 0.6) is 0 Å². The Hall–Kier alpha value is -2.38.